The molecule has 0 radical (unpaired) electrons. The Labute approximate surface area is 291 Å². The van der Waals surface area contributed by atoms with Crippen molar-refractivity contribution in [3.8, 4) is 5.75 Å². The summed E-state index contributed by atoms with van der Waals surface area (Å²) in [5, 5.41) is 3.79. The number of rotatable bonds is 12. The number of sulfonamides is 1. The van der Waals surface area contributed by atoms with Gasteiger partial charge in [0.25, 0.3) is 10.0 Å². The number of benzene rings is 4. The molecule has 47 heavy (non-hydrogen) atoms. The second-order valence-electron chi connectivity index (χ2n) is 11.8. The van der Waals surface area contributed by atoms with Crippen LogP contribution >= 0.6 is 34.8 Å². The van der Waals surface area contributed by atoms with Crippen molar-refractivity contribution in [1.29, 1.82) is 0 Å². The standard InChI is InChI=1S/C35H36Cl3N3O5S/c1-35(2,3)39-34(43)31(20-24-12-7-5-8-13-24)40(22-27-28(37)16-11-17-29(27)38)33(42)23-41(30-21-25(36)18-19-32(30)46-4)47(44,45)26-14-9-6-10-15-26/h5-19,21,31H,20,22-23H2,1-4H3,(H,39,43). The average Bonchev–Trinajstić information content (AvgIpc) is 3.02. The quantitative estimate of drug-likeness (QED) is 0.165. The van der Waals surface area contributed by atoms with E-state index in [0.29, 0.717) is 5.56 Å². The van der Waals surface area contributed by atoms with Crippen molar-refractivity contribution in [3.05, 3.63) is 123 Å². The lowest BCUT2D eigenvalue weighted by Gasteiger charge is -2.35. The van der Waals surface area contributed by atoms with E-state index < -0.39 is 40.0 Å². The summed E-state index contributed by atoms with van der Waals surface area (Å²) in [6.45, 7) is 4.62. The van der Waals surface area contributed by atoms with E-state index in [4.69, 9.17) is 39.5 Å². The van der Waals surface area contributed by atoms with Crippen molar-refractivity contribution in [2.24, 2.45) is 0 Å². The third kappa shape index (κ3) is 9.20. The number of nitrogens with zero attached hydrogens (tertiary/aromatic N) is 2. The number of ether oxygens (including phenoxy) is 1. The number of hydrogen-bond acceptors (Lipinski definition) is 5. The van der Waals surface area contributed by atoms with Crippen LogP contribution in [0.15, 0.2) is 102 Å². The Hall–Kier alpha value is -3.76. The van der Waals surface area contributed by atoms with Gasteiger partial charge in [0.1, 0.15) is 18.3 Å². The minimum Gasteiger partial charge on any atom is -0.495 e. The lowest BCUT2D eigenvalue weighted by molar-refractivity contribution is -0.140. The van der Waals surface area contributed by atoms with Gasteiger partial charge in [-0.15, -0.1) is 0 Å². The van der Waals surface area contributed by atoms with Crippen LogP contribution < -0.4 is 14.4 Å². The molecule has 0 aromatic heterocycles. The number of carbonyl (C=O) groups is 2. The van der Waals surface area contributed by atoms with Crippen molar-refractivity contribution in [2.75, 3.05) is 18.0 Å². The lowest BCUT2D eigenvalue weighted by Crippen LogP contribution is -2.56. The normalized spacial score (nSPS) is 12.2. The summed E-state index contributed by atoms with van der Waals surface area (Å²) in [6, 6.07) is 25.3. The van der Waals surface area contributed by atoms with E-state index >= 15 is 0 Å². The van der Waals surface area contributed by atoms with Gasteiger partial charge in [-0.25, -0.2) is 8.42 Å². The fraction of sp³-hybridized carbons (Fsp3) is 0.257. The van der Waals surface area contributed by atoms with Crippen molar-refractivity contribution >= 4 is 62.3 Å². The van der Waals surface area contributed by atoms with Gasteiger partial charge in [0, 0.05) is 39.1 Å². The molecule has 0 spiro atoms. The lowest BCUT2D eigenvalue weighted by atomic mass is 10.0. The number of nitrogens with one attached hydrogen (secondary N) is 1. The van der Waals surface area contributed by atoms with Crippen molar-refractivity contribution in [1.82, 2.24) is 10.2 Å². The van der Waals surface area contributed by atoms with Crippen LogP contribution in [-0.4, -0.2) is 50.4 Å². The highest BCUT2D eigenvalue weighted by atomic mass is 35.5. The summed E-state index contributed by atoms with van der Waals surface area (Å²) in [5.74, 6) is -0.947. The van der Waals surface area contributed by atoms with Gasteiger partial charge in [-0.05, 0) is 68.8 Å². The summed E-state index contributed by atoms with van der Waals surface area (Å²) in [6.07, 6.45) is 0.127. The molecule has 0 bridgehead atoms. The van der Waals surface area contributed by atoms with E-state index in [1.54, 1.807) is 42.5 Å². The van der Waals surface area contributed by atoms with Gasteiger partial charge >= 0.3 is 0 Å². The highest BCUT2D eigenvalue weighted by Gasteiger charge is 2.37. The van der Waals surface area contributed by atoms with Gasteiger partial charge in [0.15, 0.2) is 0 Å². The molecule has 2 amide bonds. The number of methoxy groups -OCH3 is 1. The smallest absolute Gasteiger partial charge is 0.264 e. The van der Waals surface area contributed by atoms with Gasteiger partial charge < -0.3 is 15.0 Å². The molecule has 1 N–H and O–H groups in total. The van der Waals surface area contributed by atoms with E-state index in [2.05, 4.69) is 5.32 Å². The van der Waals surface area contributed by atoms with E-state index in [1.165, 1.54) is 36.3 Å². The molecule has 0 fully saturated rings. The van der Waals surface area contributed by atoms with Gasteiger partial charge in [-0.2, -0.15) is 0 Å². The minimum atomic E-state index is -4.36. The molecule has 0 aliphatic rings. The fourth-order valence-electron chi connectivity index (χ4n) is 4.95. The summed E-state index contributed by atoms with van der Waals surface area (Å²) in [7, 11) is -2.97. The van der Waals surface area contributed by atoms with Crippen LogP contribution in [0.2, 0.25) is 15.1 Å². The third-order valence-electron chi connectivity index (χ3n) is 7.18. The van der Waals surface area contributed by atoms with Crippen LogP contribution in [0.5, 0.6) is 5.75 Å². The Bertz CT molecular complexity index is 1800. The molecular weight excluding hydrogens is 681 g/mol. The molecular formula is C35H36Cl3N3O5S. The zero-order valence-electron chi connectivity index (χ0n) is 26.4. The van der Waals surface area contributed by atoms with Crippen LogP contribution in [0, 0.1) is 0 Å². The van der Waals surface area contributed by atoms with E-state index in [9.17, 15) is 18.0 Å². The maximum absolute atomic E-state index is 14.7. The number of hydrogen-bond donors (Lipinski definition) is 1. The average molecular weight is 717 g/mol. The zero-order chi connectivity index (χ0) is 34.4. The molecule has 0 aliphatic heterocycles. The van der Waals surface area contributed by atoms with E-state index in [0.717, 1.165) is 9.87 Å². The number of amides is 2. The first-order chi connectivity index (χ1) is 22.2. The molecule has 0 saturated carbocycles. The highest BCUT2D eigenvalue weighted by molar-refractivity contribution is 7.92. The predicted molar refractivity (Wildman–Crippen MR) is 188 cm³/mol. The van der Waals surface area contributed by atoms with Crippen LogP contribution in [0.25, 0.3) is 0 Å². The van der Waals surface area contributed by atoms with Crippen LogP contribution in [0.1, 0.15) is 31.9 Å². The van der Waals surface area contributed by atoms with Crippen molar-refractivity contribution in [3.63, 3.8) is 0 Å². The first-order valence-electron chi connectivity index (χ1n) is 14.7. The second-order valence-corrected chi connectivity index (χ2v) is 14.9. The summed E-state index contributed by atoms with van der Waals surface area (Å²) in [4.78, 5) is 30.0. The summed E-state index contributed by atoms with van der Waals surface area (Å²) < 4.78 is 35.0. The summed E-state index contributed by atoms with van der Waals surface area (Å²) >= 11 is 19.5. The van der Waals surface area contributed by atoms with Gasteiger partial charge in [0.2, 0.25) is 11.8 Å². The van der Waals surface area contributed by atoms with Gasteiger partial charge in [-0.3, -0.25) is 13.9 Å². The zero-order valence-corrected chi connectivity index (χ0v) is 29.5. The van der Waals surface area contributed by atoms with Crippen molar-refractivity contribution < 1.29 is 22.7 Å². The Kier molecular flexibility index (Phi) is 11.8. The van der Waals surface area contributed by atoms with E-state index in [-0.39, 0.29) is 44.4 Å². The minimum absolute atomic E-state index is 0.0479. The molecule has 1 unspecified atom stereocenters. The molecule has 1 atom stereocenters. The molecule has 4 rings (SSSR count). The third-order valence-corrected chi connectivity index (χ3v) is 9.90. The second kappa shape index (κ2) is 15.4. The fourth-order valence-corrected chi connectivity index (χ4v) is 7.07. The Morgan fingerprint density at radius 1 is 0.851 bits per heavy atom. The topological polar surface area (TPSA) is 96.0 Å². The molecule has 0 saturated heterocycles. The van der Waals surface area contributed by atoms with Crippen molar-refractivity contribution in [2.45, 2.75) is 50.2 Å². The molecule has 4 aromatic rings. The van der Waals surface area contributed by atoms with Gasteiger partial charge in [-0.1, -0.05) is 89.4 Å². The predicted octanol–water partition coefficient (Wildman–Crippen LogP) is 7.41. The maximum atomic E-state index is 14.7. The monoisotopic (exact) mass is 715 g/mol. The highest BCUT2D eigenvalue weighted by Crippen LogP contribution is 2.35. The molecule has 12 heteroatoms. The molecule has 0 heterocycles. The van der Waals surface area contributed by atoms with Crippen LogP contribution in [-0.2, 0) is 32.6 Å². The Balaban J connectivity index is 1.89. The largest absolute Gasteiger partial charge is 0.495 e. The van der Waals surface area contributed by atoms with Crippen LogP contribution in [0.4, 0.5) is 5.69 Å². The first kappa shape index (κ1) is 36.1. The maximum Gasteiger partial charge on any atom is 0.264 e. The number of carbonyl (C=O) groups excluding carboxylic acids is 2. The van der Waals surface area contributed by atoms with Gasteiger partial charge in [0.05, 0.1) is 17.7 Å². The van der Waals surface area contributed by atoms with Crippen LogP contribution in [0.3, 0.4) is 0 Å². The molecule has 4 aromatic carbocycles. The molecule has 248 valence electrons. The molecule has 8 nitrogen and oxygen atoms in total. The number of halogens is 3. The summed E-state index contributed by atoms with van der Waals surface area (Å²) in [5.41, 5.74) is 0.602. The SMILES string of the molecule is COc1ccc(Cl)cc1N(CC(=O)N(Cc1c(Cl)cccc1Cl)C(Cc1ccccc1)C(=O)NC(C)(C)C)S(=O)(=O)c1ccccc1. The van der Waals surface area contributed by atoms with E-state index in [1.807, 2.05) is 51.1 Å². The Morgan fingerprint density at radius 3 is 2.02 bits per heavy atom. The number of anilines is 1. The Morgan fingerprint density at radius 2 is 1.45 bits per heavy atom. The first-order valence-corrected chi connectivity index (χ1v) is 17.3. The molecule has 0 aliphatic carbocycles.